The summed E-state index contributed by atoms with van der Waals surface area (Å²) < 4.78 is 0. The van der Waals surface area contributed by atoms with Crippen molar-refractivity contribution in [1.29, 1.82) is 0 Å². The Morgan fingerprint density at radius 3 is 2.74 bits per heavy atom. The molecule has 140 valence electrons. The van der Waals surface area contributed by atoms with Crippen LogP contribution in [0.4, 0.5) is 11.4 Å². The summed E-state index contributed by atoms with van der Waals surface area (Å²) >= 11 is 1.52. The van der Waals surface area contributed by atoms with Gasteiger partial charge in [0.05, 0.1) is 11.4 Å². The molecule has 1 aliphatic heterocycles. The summed E-state index contributed by atoms with van der Waals surface area (Å²) in [7, 11) is 1.56. The second-order valence-corrected chi connectivity index (χ2v) is 7.23. The quantitative estimate of drug-likeness (QED) is 0.832. The van der Waals surface area contributed by atoms with E-state index in [9.17, 15) is 14.4 Å². The number of nitrogens with one attached hydrogen (secondary N) is 2. The molecule has 2 aromatic rings. The monoisotopic (exact) mass is 383 g/mol. The van der Waals surface area contributed by atoms with Crippen molar-refractivity contribution in [2.45, 2.75) is 18.2 Å². The van der Waals surface area contributed by atoms with Crippen molar-refractivity contribution in [1.82, 2.24) is 5.32 Å². The Morgan fingerprint density at radius 1 is 1.19 bits per heavy atom. The van der Waals surface area contributed by atoms with Gasteiger partial charge in [0.25, 0.3) is 5.91 Å². The number of amides is 3. The van der Waals surface area contributed by atoms with Crippen LogP contribution in [-0.4, -0.2) is 37.1 Å². The van der Waals surface area contributed by atoms with Crippen LogP contribution in [0, 0.1) is 6.92 Å². The number of thioether (sulfide) groups is 1. The van der Waals surface area contributed by atoms with Gasteiger partial charge in [-0.3, -0.25) is 14.4 Å². The van der Waals surface area contributed by atoms with Crippen LogP contribution in [0.15, 0.2) is 47.4 Å². The fraction of sp³-hybridized carbons (Fsp3) is 0.250. The van der Waals surface area contributed by atoms with Crippen LogP contribution in [0.1, 0.15) is 22.3 Å². The van der Waals surface area contributed by atoms with Gasteiger partial charge in [-0.15, -0.1) is 11.8 Å². The van der Waals surface area contributed by atoms with Gasteiger partial charge in [-0.2, -0.15) is 0 Å². The normalized spacial score (nSPS) is 13.1. The van der Waals surface area contributed by atoms with Gasteiger partial charge < -0.3 is 15.5 Å². The highest BCUT2D eigenvalue weighted by Crippen LogP contribution is 2.34. The maximum absolute atomic E-state index is 12.4. The maximum Gasteiger partial charge on any atom is 0.251 e. The molecular formula is C20H21N3O3S. The van der Waals surface area contributed by atoms with Crippen molar-refractivity contribution >= 4 is 40.9 Å². The first kappa shape index (κ1) is 19.0. The van der Waals surface area contributed by atoms with E-state index in [0.717, 1.165) is 16.1 Å². The van der Waals surface area contributed by atoms with E-state index < -0.39 is 0 Å². The Labute approximate surface area is 162 Å². The molecule has 0 bridgehead atoms. The minimum Gasteiger partial charge on any atom is -0.355 e. The van der Waals surface area contributed by atoms with Crippen LogP contribution in [0.2, 0.25) is 0 Å². The van der Waals surface area contributed by atoms with E-state index in [2.05, 4.69) is 10.6 Å². The molecule has 2 N–H and O–H groups in total. The molecule has 2 aromatic carbocycles. The number of aryl methyl sites for hydroxylation is 1. The Kier molecular flexibility index (Phi) is 5.81. The molecule has 0 aromatic heterocycles. The first-order chi connectivity index (χ1) is 13.0. The van der Waals surface area contributed by atoms with Gasteiger partial charge in [0, 0.05) is 36.2 Å². The summed E-state index contributed by atoms with van der Waals surface area (Å²) in [5.74, 6) is -0.0233. The zero-order valence-corrected chi connectivity index (χ0v) is 16.1. The van der Waals surface area contributed by atoms with Gasteiger partial charge in [0.15, 0.2) is 0 Å². The molecular weight excluding hydrogens is 362 g/mol. The third-order valence-electron chi connectivity index (χ3n) is 4.37. The lowest BCUT2D eigenvalue weighted by Gasteiger charge is -2.28. The molecule has 6 nitrogen and oxygen atoms in total. The van der Waals surface area contributed by atoms with Crippen LogP contribution in [0.5, 0.6) is 0 Å². The highest BCUT2D eigenvalue weighted by molar-refractivity contribution is 8.00. The SMILES string of the molecule is CNC(=O)c1ccc(C)c(NC(=O)CCN2C(=O)CSc3ccccc32)c1. The van der Waals surface area contributed by atoms with Crippen LogP contribution in [-0.2, 0) is 9.59 Å². The number of hydrogen-bond donors (Lipinski definition) is 2. The highest BCUT2D eigenvalue weighted by Gasteiger charge is 2.24. The van der Waals surface area contributed by atoms with Crippen LogP contribution in [0.3, 0.4) is 0 Å². The molecule has 0 spiro atoms. The Hall–Kier alpha value is -2.80. The van der Waals surface area contributed by atoms with Gasteiger partial charge in [-0.25, -0.2) is 0 Å². The van der Waals surface area contributed by atoms with Crippen LogP contribution in [0.25, 0.3) is 0 Å². The van der Waals surface area contributed by atoms with E-state index in [0.29, 0.717) is 23.5 Å². The van der Waals surface area contributed by atoms with Crippen molar-refractivity contribution in [2.24, 2.45) is 0 Å². The molecule has 1 aliphatic rings. The maximum atomic E-state index is 12.4. The molecule has 0 saturated heterocycles. The van der Waals surface area contributed by atoms with E-state index in [4.69, 9.17) is 0 Å². The van der Waals surface area contributed by atoms with E-state index >= 15 is 0 Å². The number of fused-ring (bicyclic) bond motifs is 1. The van der Waals surface area contributed by atoms with E-state index in [1.54, 1.807) is 30.1 Å². The molecule has 27 heavy (non-hydrogen) atoms. The Bertz CT molecular complexity index is 898. The van der Waals surface area contributed by atoms with Gasteiger partial charge in [0.2, 0.25) is 11.8 Å². The number of para-hydroxylation sites is 1. The van der Waals surface area contributed by atoms with Crippen molar-refractivity contribution in [3.63, 3.8) is 0 Å². The third-order valence-corrected chi connectivity index (χ3v) is 5.42. The van der Waals surface area contributed by atoms with Gasteiger partial charge >= 0.3 is 0 Å². The van der Waals surface area contributed by atoms with Gasteiger partial charge in [0.1, 0.15) is 0 Å². The number of hydrogen-bond acceptors (Lipinski definition) is 4. The summed E-state index contributed by atoms with van der Waals surface area (Å²) in [4.78, 5) is 39.2. The summed E-state index contributed by atoms with van der Waals surface area (Å²) in [6.45, 7) is 2.18. The van der Waals surface area contributed by atoms with Crippen molar-refractivity contribution in [2.75, 3.05) is 29.6 Å². The number of carbonyl (C=O) groups excluding carboxylic acids is 3. The Morgan fingerprint density at radius 2 is 1.96 bits per heavy atom. The first-order valence-corrected chi connectivity index (χ1v) is 9.63. The second kappa shape index (κ2) is 8.26. The summed E-state index contributed by atoms with van der Waals surface area (Å²) in [5, 5.41) is 5.41. The molecule has 0 unspecified atom stereocenters. The average Bonchev–Trinajstić information content (AvgIpc) is 2.68. The number of benzene rings is 2. The molecule has 3 rings (SSSR count). The second-order valence-electron chi connectivity index (χ2n) is 6.21. The molecule has 7 heteroatoms. The minimum absolute atomic E-state index is 0.00398. The zero-order valence-electron chi connectivity index (χ0n) is 15.2. The molecule has 0 fully saturated rings. The number of anilines is 2. The molecule has 0 radical (unpaired) electrons. The summed E-state index contributed by atoms with van der Waals surface area (Å²) in [6, 6.07) is 12.9. The van der Waals surface area contributed by atoms with Crippen molar-refractivity contribution in [3.05, 3.63) is 53.6 Å². The van der Waals surface area contributed by atoms with Gasteiger partial charge in [-0.05, 0) is 36.8 Å². The minimum atomic E-state index is -0.210. The van der Waals surface area contributed by atoms with Crippen LogP contribution < -0.4 is 15.5 Å². The lowest BCUT2D eigenvalue weighted by atomic mass is 10.1. The topological polar surface area (TPSA) is 78.5 Å². The molecule has 0 saturated carbocycles. The number of nitrogens with zero attached hydrogens (tertiary/aromatic N) is 1. The molecule has 3 amide bonds. The fourth-order valence-electron chi connectivity index (χ4n) is 2.87. The molecule has 0 atom stereocenters. The van der Waals surface area contributed by atoms with E-state index in [-0.39, 0.29) is 24.1 Å². The van der Waals surface area contributed by atoms with E-state index in [1.165, 1.54) is 11.8 Å². The lowest BCUT2D eigenvalue weighted by molar-refractivity contribution is -0.117. The van der Waals surface area contributed by atoms with Crippen molar-refractivity contribution in [3.8, 4) is 0 Å². The Balaban J connectivity index is 1.67. The smallest absolute Gasteiger partial charge is 0.251 e. The zero-order chi connectivity index (χ0) is 19.4. The molecule has 1 heterocycles. The summed E-state index contributed by atoms with van der Waals surface area (Å²) in [6.07, 6.45) is 0.175. The van der Waals surface area contributed by atoms with E-state index in [1.807, 2.05) is 31.2 Å². The number of carbonyl (C=O) groups is 3. The molecule has 0 aliphatic carbocycles. The number of rotatable bonds is 5. The average molecular weight is 383 g/mol. The predicted octanol–water partition coefficient (Wildman–Crippen LogP) is 2.82. The van der Waals surface area contributed by atoms with Gasteiger partial charge in [-0.1, -0.05) is 18.2 Å². The third kappa shape index (κ3) is 4.31. The summed E-state index contributed by atoms with van der Waals surface area (Å²) in [5.41, 5.74) is 2.80. The standard InChI is InChI=1S/C20H21N3O3S/c1-13-7-8-14(20(26)21-2)11-15(13)22-18(24)9-10-23-16-5-3-4-6-17(16)27-12-19(23)25/h3-8,11H,9-10,12H2,1-2H3,(H,21,26)(H,22,24). The predicted molar refractivity (Wildman–Crippen MR) is 107 cm³/mol. The fourth-order valence-corrected chi connectivity index (χ4v) is 3.80. The highest BCUT2D eigenvalue weighted by atomic mass is 32.2. The first-order valence-electron chi connectivity index (χ1n) is 8.64. The largest absolute Gasteiger partial charge is 0.355 e. The van der Waals surface area contributed by atoms with Crippen LogP contribution >= 0.6 is 11.8 Å². The lowest BCUT2D eigenvalue weighted by Crippen LogP contribution is -2.37. The van der Waals surface area contributed by atoms with Crippen molar-refractivity contribution < 1.29 is 14.4 Å².